The Balaban J connectivity index is 1.30. The first-order valence-electron chi connectivity index (χ1n) is 13.3. The summed E-state index contributed by atoms with van der Waals surface area (Å²) in [5.74, 6) is 4.81. The van der Waals surface area contributed by atoms with Gasteiger partial charge in [-0.3, -0.25) is 0 Å². The monoisotopic (exact) mass is 556 g/mol. The van der Waals surface area contributed by atoms with E-state index in [2.05, 4.69) is 59.6 Å². The highest BCUT2D eigenvalue weighted by molar-refractivity contribution is 9.25. The number of alkyl halides is 2. The van der Waals surface area contributed by atoms with Crippen molar-refractivity contribution in [3.05, 3.63) is 0 Å². The van der Waals surface area contributed by atoms with Gasteiger partial charge in [0.1, 0.15) is 3.23 Å². The second-order valence-corrected chi connectivity index (χ2v) is 16.9. The third-order valence-electron chi connectivity index (χ3n) is 11.8. The minimum Gasteiger partial charge on any atom is -0.347 e. The van der Waals surface area contributed by atoms with Crippen LogP contribution in [0.2, 0.25) is 0 Å². The summed E-state index contributed by atoms with van der Waals surface area (Å²) >= 11 is 8.08. The molecule has 1 spiro atoms. The fourth-order valence-electron chi connectivity index (χ4n) is 10.5. The zero-order chi connectivity index (χ0) is 21.8. The quantitative estimate of drug-likeness (QED) is 0.281. The number of rotatable bonds is 0. The summed E-state index contributed by atoms with van der Waals surface area (Å²) in [6.07, 6.45) is 14.5. The molecule has 0 aromatic heterocycles. The van der Waals surface area contributed by atoms with Crippen molar-refractivity contribution in [3.8, 4) is 0 Å². The Morgan fingerprint density at radius 3 is 2.45 bits per heavy atom. The molecule has 0 amide bonds. The van der Waals surface area contributed by atoms with Gasteiger partial charge < -0.3 is 9.47 Å². The summed E-state index contributed by atoms with van der Waals surface area (Å²) in [5, 5.41) is 0. The molecule has 6 rings (SSSR count). The Morgan fingerprint density at radius 2 is 1.68 bits per heavy atom. The van der Waals surface area contributed by atoms with E-state index in [1.54, 1.807) is 0 Å². The van der Waals surface area contributed by atoms with E-state index in [4.69, 9.17) is 9.47 Å². The van der Waals surface area contributed by atoms with E-state index in [0.717, 1.165) is 36.7 Å². The van der Waals surface area contributed by atoms with Crippen LogP contribution in [0.3, 0.4) is 0 Å². The molecule has 2 heterocycles. The predicted molar refractivity (Wildman–Crippen MR) is 132 cm³/mol. The summed E-state index contributed by atoms with van der Waals surface area (Å²) in [5.41, 5.74) is 1.03. The molecule has 4 saturated carbocycles. The van der Waals surface area contributed by atoms with Gasteiger partial charge in [-0.25, -0.2) is 0 Å². The first kappa shape index (κ1) is 22.4. The largest absolute Gasteiger partial charge is 0.347 e. The maximum absolute atomic E-state index is 7.04. The van der Waals surface area contributed by atoms with Crippen LogP contribution in [0.1, 0.15) is 91.9 Å². The molecule has 11 unspecified atom stereocenters. The predicted octanol–water partition coefficient (Wildman–Crippen LogP) is 7.92. The summed E-state index contributed by atoms with van der Waals surface area (Å²) < 4.78 is 13.4. The molecule has 176 valence electrons. The van der Waals surface area contributed by atoms with Crippen molar-refractivity contribution in [2.45, 2.75) is 107 Å². The summed E-state index contributed by atoms with van der Waals surface area (Å²) in [6, 6.07) is 0. The summed E-state index contributed by atoms with van der Waals surface area (Å²) in [6.45, 7) is 10.9. The van der Waals surface area contributed by atoms with Crippen molar-refractivity contribution in [2.75, 3.05) is 6.61 Å². The molecule has 0 N–H and O–H groups in total. The molecule has 6 aliphatic rings. The maximum Gasteiger partial charge on any atom is 0.196 e. The molecule has 0 aromatic rings. The summed E-state index contributed by atoms with van der Waals surface area (Å²) in [4.78, 5) is 0. The fraction of sp³-hybridized carbons (Fsp3) is 1.00. The molecular weight excluding hydrogens is 516 g/mol. The molecule has 0 aromatic carbocycles. The van der Waals surface area contributed by atoms with Crippen LogP contribution in [0, 0.1) is 52.3 Å². The van der Waals surface area contributed by atoms with Gasteiger partial charge in [-0.15, -0.1) is 0 Å². The lowest BCUT2D eigenvalue weighted by atomic mass is 9.44. The standard InChI is InChI=1S/C27H42Br2O2/c1-16-14-26(28,29)27(30-15-16)17(2)23-22(31-27)13-21-19-9-8-18-7-5-6-11-24(18,3)20(19)10-12-25(21,23)4/h16-23H,5-15H2,1-4H3. The Morgan fingerprint density at radius 1 is 0.871 bits per heavy atom. The molecule has 4 heteroatoms. The maximum atomic E-state index is 7.04. The van der Waals surface area contributed by atoms with E-state index in [-0.39, 0.29) is 3.23 Å². The van der Waals surface area contributed by atoms with Gasteiger partial charge in [0.2, 0.25) is 0 Å². The van der Waals surface area contributed by atoms with Gasteiger partial charge >= 0.3 is 0 Å². The topological polar surface area (TPSA) is 18.5 Å². The highest BCUT2D eigenvalue weighted by Gasteiger charge is 2.73. The van der Waals surface area contributed by atoms with Gasteiger partial charge in [0.05, 0.1) is 12.7 Å². The second-order valence-electron chi connectivity index (χ2n) is 13.1. The van der Waals surface area contributed by atoms with Crippen LogP contribution in [-0.2, 0) is 9.47 Å². The van der Waals surface area contributed by atoms with Gasteiger partial charge in [-0.2, -0.15) is 0 Å². The van der Waals surface area contributed by atoms with E-state index in [9.17, 15) is 0 Å². The zero-order valence-electron chi connectivity index (χ0n) is 20.0. The van der Waals surface area contributed by atoms with Gasteiger partial charge in [0.25, 0.3) is 0 Å². The lowest BCUT2D eigenvalue weighted by Gasteiger charge is -2.61. The van der Waals surface area contributed by atoms with Crippen LogP contribution in [0.5, 0.6) is 0 Å². The Labute approximate surface area is 206 Å². The summed E-state index contributed by atoms with van der Waals surface area (Å²) in [7, 11) is 0. The van der Waals surface area contributed by atoms with Gasteiger partial charge in [-0.1, -0.05) is 72.4 Å². The van der Waals surface area contributed by atoms with Crippen molar-refractivity contribution in [2.24, 2.45) is 52.3 Å². The average molecular weight is 558 g/mol. The SMILES string of the molecule is CC1COC2(OC3CC4C5CCC6CCCCC6(C)C5CCC4(C)C3C2C)C(Br)(Br)C1. The van der Waals surface area contributed by atoms with Crippen LogP contribution in [-0.4, -0.2) is 21.7 Å². The number of hydrogen-bond acceptors (Lipinski definition) is 2. The number of ether oxygens (including phenoxy) is 2. The third kappa shape index (κ3) is 2.86. The average Bonchev–Trinajstić information content (AvgIpc) is 3.16. The van der Waals surface area contributed by atoms with Gasteiger partial charge in [-0.05, 0) is 97.7 Å². The van der Waals surface area contributed by atoms with Crippen LogP contribution in [0.4, 0.5) is 0 Å². The molecule has 0 bridgehead atoms. The van der Waals surface area contributed by atoms with Crippen LogP contribution in [0.15, 0.2) is 0 Å². The molecule has 2 aliphatic heterocycles. The number of halogens is 2. The number of fused-ring (bicyclic) bond motifs is 7. The van der Waals surface area contributed by atoms with E-state index >= 15 is 0 Å². The molecule has 4 aliphatic carbocycles. The Hall–Kier alpha value is 0.880. The molecule has 11 atom stereocenters. The second kappa shape index (κ2) is 7.20. The van der Waals surface area contributed by atoms with E-state index in [1.807, 2.05) is 0 Å². The highest BCUT2D eigenvalue weighted by Crippen LogP contribution is 2.72. The van der Waals surface area contributed by atoms with Crippen LogP contribution < -0.4 is 0 Å². The first-order valence-corrected chi connectivity index (χ1v) is 14.9. The molecular formula is C27H42Br2O2. The normalized spacial score (nSPS) is 60.2. The van der Waals surface area contributed by atoms with Crippen LogP contribution in [0.25, 0.3) is 0 Å². The smallest absolute Gasteiger partial charge is 0.196 e. The molecule has 31 heavy (non-hydrogen) atoms. The minimum absolute atomic E-state index is 0.273. The van der Waals surface area contributed by atoms with Crippen molar-refractivity contribution in [1.29, 1.82) is 0 Å². The zero-order valence-corrected chi connectivity index (χ0v) is 23.1. The number of hydrogen-bond donors (Lipinski definition) is 0. The van der Waals surface area contributed by atoms with Gasteiger partial charge in [0.15, 0.2) is 5.79 Å². The minimum atomic E-state index is -0.521. The Kier molecular flexibility index (Phi) is 5.19. The van der Waals surface area contributed by atoms with E-state index in [0.29, 0.717) is 34.7 Å². The van der Waals surface area contributed by atoms with Gasteiger partial charge in [0, 0.05) is 5.92 Å². The van der Waals surface area contributed by atoms with Crippen molar-refractivity contribution in [1.82, 2.24) is 0 Å². The molecule has 6 fully saturated rings. The first-order chi connectivity index (χ1) is 14.6. The van der Waals surface area contributed by atoms with Crippen molar-refractivity contribution < 1.29 is 9.47 Å². The van der Waals surface area contributed by atoms with Crippen molar-refractivity contribution >= 4 is 31.9 Å². The highest BCUT2D eigenvalue weighted by atomic mass is 79.9. The lowest BCUT2D eigenvalue weighted by molar-refractivity contribution is -0.272. The van der Waals surface area contributed by atoms with E-state index < -0.39 is 5.79 Å². The van der Waals surface area contributed by atoms with Crippen LogP contribution >= 0.6 is 31.9 Å². The molecule has 2 saturated heterocycles. The fourth-order valence-corrected chi connectivity index (χ4v) is 12.7. The van der Waals surface area contributed by atoms with E-state index in [1.165, 1.54) is 57.8 Å². The molecule has 2 nitrogen and oxygen atoms in total. The van der Waals surface area contributed by atoms with Crippen molar-refractivity contribution in [3.63, 3.8) is 0 Å². The molecule has 0 radical (unpaired) electrons. The lowest BCUT2D eigenvalue weighted by Crippen LogP contribution is -2.59. The third-order valence-corrected chi connectivity index (χ3v) is 13.6. The Bertz CT molecular complexity index is 741.